The van der Waals surface area contributed by atoms with E-state index in [9.17, 15) is 0 Å². The zero-order valence-corrected chi connectivity index (χ0v) is 9.80. The quantitative estimate of drug-likeness (QED) is 0.870. The summed E-state index contributed by atoms with van der Waals surface area (Å²) in [4.78, 5) is 0. The van der Waals surface area contributed by atoms with Crippen molar-refractivity contribution in [2.75, 3.05) is 6.54 Å². The third kappa shape index (κ3) is 2.22. The van der Waals surface area contributed by atoms with Crippen LogP contribution in [0.15, 0.2) is 42.6 Å². The van der Waals surface area contributed by atoms with Crippen molar-refractivity contribution < 1.29 is 0 Å². The zero-order valence-electron chi connectivity index (χ0n) is 9.80. The molecule has 0 bridgehead atoms. The largest absolute Gasteiger partial charge is 0.331 e. The van der Waals surface area contributed by atoms with Gasteiger partial charge >= 0.3 is 0 Å². The summed E-state index contributed by atoms with van der Waals surface area (Å²) in [5, 5.41) is 9.04. The number of rotatable bonds is 3. The van der Waals surface area contributed by atoms with Crippen molar-refractivity contribution in [1.29, 1.82) is 5.26 Å². The molecule has 0 amide bonds. The number of benzene rings is 1. The van der Waals surface area contributed by atoms with Crippen LogP contribution in [0.1, 0.15) is 22.9 Å². The maximum atomic E-state index is 9.04. The number of aromatic nitrogens is 1. The third-order valence-corrected chi connectivity index (χ3v) is 2.88. The van der Waals surface area contributed by atoms with Crippen molar-refractivity contribution >= 4 is 0 Å². The average Bonchev–Trinajstić information content (AvgIpc) is 2.78. The molecule has 2 aromatic rings. The molecule has 1 aromatic heterocycles. The van der Waals surface area contributed by atoms with E-state index >= 15 is 0 Å². The highest BCUT2D eigenvalue weighted by atomic mass is 15.0. The second-order valence-electron chi connectivity index (χ2n) is 4.08. The first-order chi connectivity index (χ1) is 8.26. The number of hydrogen-bond acceptors (Lipinski definition) is 2. The van der Waals surface area contributed by atoms with Gasteiger partial charge in [0.15, 0.2) is 0 Å². The van der Waals surface area contributed by atoms with Gasteiger partial charge in [-0.1, -0.05) is 29.8 Å². The number of nitrogens with zero attached hydrogens (tertiary/aromatic N) is 2. The molecular formula is C14H15N3. The second-order valence-corrected chi connectivity index (χ2v) is 4.08. The molecule has 17 heavy (non-hydrogen) atoms. The molecule has 2 N–H and O–H groups in total. The fraction of sp³-hybridized carbons (Fsp3) is 0.214. The predicted molar refractivity (Wildman–Crippen MR) is 67.5 cm³/mol. The summed E-state index contributed by atoms with van der Waals surface area (Å²) in [6.45, 7) is 2.53. The van der Waals surface area contributed by atoms with Crippen molar-refractivity contribution in [2.45, 2.75) is 13.0 Å². The van der Waals surface area contributed by atoms with Gasteiger partial charge in [0, 0.05) is 12.7 Å². The normalized spacial score (nSPS) is 12.1. The standard InChI is InChI=1S/C14H15N3/c1-11-4-2-5-12(8-11)14(10-16)17-7-3-6-13(17)9-15/h2-8,14H,10,16H2,1H3. The highest BCUT2D eigenvalue weighted by molar-refractivity contribution is 5.30. The highest BCUT2D eigenvalue weighted by Crippen LogP contribution is 2.20. The molecule has 1 unspecified atom stereocenters. The Hall–Kier alpha value is -2.05. The smallest absolute Gasteiger partial charge is 0.120 e. The number of nitriles is 1. The van der Waals surface area contributed by atoms with Crippen LogP contribution in [0.4, 0.5) is 0 Å². The third-order valence-electron chi connectivity index (χ3n) is 2.88. The number of hydrogen-bond donors (Lipinski definition) is 1. The summed E-state index contributed by atoms with van der Waals surface area (Å²) in [5.41, 5.74) is 8.82. The van der Waals surface area contributed by atoms with Crippen molar-refractivity contribution in [1.82, 2.24) is 4.57 Å². The van der Waals surface area contributed by atoms with Gasteiger partial charge in [-0.05, 0) is 24.6 Å². The van der Waals surface area contributed by atoms with Gasteiger partial charge < -0.3 is 10.3 Å². The summed E-state index contributed by atoms with van der Waals surface area (Å²) in [5.74, 6) is 0. The van der Waals surface area contributed by atoms with Gasteiger partial charge in [0.25, 0.3) is 0 Å². The van der Waals surface area contributed by atoms with E-state index in [1.54, 1.807) is 6.07 Å². The molecule has 0 radical (unpaired) electrons. The Balaban J connectivity index is 2.44. The van der Waals surface area contributed by atoms with Crippen molar-refractivity contribution in [2.24, 2.45) is 5.73 Å². The molecule has 1 aromatic carbocycles. The molecule has 0 aliphatic heterocycles. The van der Waals surface area contributed by atoms with Crippen molar-refractivity contribution in [3.8, 4) is 6.07 Å². The molecule has 0 fully saturated rings. The first kappa shape index (κ1) is 11.4. The van der Waals surface area contributed by atoms with E-state index in [1.807, 2.05) is 29.0 Å². The van der Waals surface area contributed by atoms with Crippen LogP contribution in [0.3, 0.4) is 0 Å². The van der Waals surface area contributed by atoms with Crippen LogP contribution in [-0.2, 0) is 0 Å². The minimum Gasteiger partial charge on any atom is -0.331 e. The summed E-state index contributed by atoms with van der Waals surface area (Å²) in [6, 6.07) is 14.1. The molecule has 0 aliphatic rings. The monoisotopic (exact) mass is 225 g/mol. The van der Waals surface area contributed by atoms with Gasteiger partial charge in [0.1, 0.15) is 11.8 Å². The highest BCUT2D eigenvalue weighted by Gasteiger charge is 2.14. The maximum absolute atomic E-state index is 9.04. The predicted octanol–water partition coefficient (Wildman–Crippen LogP) is 2.22. The summed E-state index contributed by atoms with van der Waals surface area (Å²) < 4.78 is 1.93. The Bertz CT molecular complexity index is 549. The summed E-state index contributed by atoms with van der Waals surface area (Å²) in [7, 11) is 0. The fourth-order valence-corrected chi connectivity index (χ4v) is 2.05. The van der Waals surface area contributed by atoms with Crippen LogP contribution in [-0.4, -0.2) is 11.1 Å². The molecule has 0 aliphatic carbocycles. The lowest BCUT2D eigenvalue weighted by Crippen LogP contribution is -2.20. The van der Waals surface area contributed by atoms with Gasteiger partial charge in [0.05, 0.1) is 6.04 Å². The van der Waals surface area contributed by atoms with E-state index in [0.717, 1.165) is 5.56 Å². The molecule has 86 valence electrons. The van der Waals surface area contributed by atoms with Gasteiger partial charge in [-0.2, -0.15) is 5.26 Å². The Kier molecular flexibility index (Phi) is 3.27. The van der Waals surface area contributed by atoms with E-state index < -0.39 is 0 Å². The molecule has 3 heteroatoms. The minimum absolute atomic E-state index is 0.0274. The average molecular weight is 225 g/mol. The van der Waals surface area contributed by atoms with E-state index in [4.69, 9.17) is 11.0 Å². The first-order valence-corrected chi connectivity index (χ1v) is 5.60. The summed E-state index contributed by atoms with van der Waals surface area (Å²) >= 11 is 0. The van der Waals surface area contributed by atoms with Gasteiger partial charge in [-0.25, -0.2) is 0 Å². The molecule has 0 saturated carbocycles. The van der Waals surface area contributed by atoms with Gasteiger partial charge in [0.2, 0.25) is 0 Å². The Morgan fingerprint density at radius 1 is 1.35 bits per heavy atom. The van der Waals surface area contributed by atoms with Crippen LogP contribution in [0.25, 0.3) is 0 Å². The second kappa shape index (κ2) is 4.86. The van der Waals surface area contributed by atoms with E-state index in [1.165, 1.54) is 5.56 Å². The van der Waals surface area contributed by atoms with Crippen molar-refractivity contribution in [3.63, 3.8) is 0 Å². The Labute approximate surface area is 101 Å². The van der Waals surface area contributed by atoms with Crippen LogP contribution in [0, 0.1) is 18.3 Å². The molecule has 1 atom stereocenters. The minimum atomic E-state index is 0.0274. The SMILES string of the molecule is Cc1cccc(C(CN)n2cccc2C#N)c1. The van der Waals surface area contributed by atoms with Crippen LogP contribution in [0.5, 0.6) is 0 Å². The molecule has 0 saturated heterocycles. The molecule has 2 rings (SSSR count). The Morgan fingerprint density at radius 2 is 2.18 bits per heavy atom. The van der Waals surface area contributed by atoms with Crippen molar-refractivity contribution in [3.05, 3.63) is 59.4 Å². The Morgan fingerprint density at radius 3 is 2.82 bits per heavy atom. The van der Waals surface area contributed by atoms with E-state index in [-0.39, 0.29) is 6.04 Å². The fourth-order valence-electron chi connectivity index (χ4n) is 2.05. The lowest BCUT2D eigenvalue weighted by molar-refractivity contribution is 0.592. The van der Waals surface area contributed by atoms with Gasteiger partial charge in [-0.3, -0.25) is 0 Å². The van der Waals surface area contributed by atoms with Crippen LogP contribution in [0.2, 0.25) is 0 Å². The van der Waals surface area contributed by atoms with E-state index in [0.29, 0.717) is 12.2 Å². The maximum Gasteiger partial charge on any atom is 0.120 e. The first-order valence-electron chi connectivity index (χ1n) is 5.60. The molecule has 0 spiro atoms. The number of aryl methyl sites for hydroxylation is 1. The zero-order chi connectivity index (χ0) is 12.3. The molecule has 3 nitrogen and oxygen atoms in total. The summed E-state index contributed by atoms with van der Waals surface area (Å²) in [6.07, 6.45) is 1.90. The topological polar surface area (TPSA) is 54.7 Å². The van der Waals surface area contributed by atoms with E-state index in [2.05, 4.69) is 25.1 Å². The van der Waals surface area contributed by atoms with Crippen LogP contribution >= 0.6 is 0 Å². The van der Waals surface area contributed by atoms with Gasteiger partial charge in [-0.15, -0.1) is 0 Å². The molecular weight excluding hydrogens is 210 g/mol. The van der Waals surface area contributed by atoms with Crippen LogP contribution < -0.4 is 5.73 Å². The lowest BCUT2D eigenvalue weighted by Gasteiger charge is -2.19. The lowest BCUT2D eigenvalue weighted by atomic mass is 10.0. The number of nitrogens with two attached hydrogens (primary N) is 1. The molecule has 1 heterocycles.